The molecule has 0 aliphatic rings. The largest absolute Gasteiger partial charge is 0.384 e. The van der Waals surface area contributed by atoms with Crippen LogP contribution in [0.5, 0.6) is 0 Å². The van der Waals surface area contributed by atoms with Gasteiger partial charge in [-0.05, 0) is 72.0 Å². The van der Waals surface area contributed by atoms with Crippen LogP contribution in [-0.2, 0) is 12.8 Å². The van der Waals surface area contributed by atoms with E-state index in [1.54, 1.807) is 36.4 Å². The van der Waals surface area contributed by atoms with Gasteiger partial charge >= 0.3 is 0 Å². The van der Waals surface area contributed by atoms with E-state index in [0.29, 0.717) is 34.9 Å². The zero-order valence-electron chi connectivity index (χ0n) is 19.0. The number of carbonyl (C=O) groups excluding carboxylic acids is 1. The van der Waals surface area contributed by atoms with Crippen LogP contribution in [0.3, 0.4) is 0 Å². The van der Waals surface area contributed by atoms with Gasteiger partial charge in [0.05, 0.1) is 5.69 Å². The van der Waals surface area contributed by atoms with Crippen LogP contribution >= 0.6 is 11.6 Å². The highest BCUT2D eigenvalue weighted by molar-refractivity contribution is 6.30. The normalized spacial score (nSPS) is 11.0. The SMILES string of the molecule is Nc1cc(Cc2cccc(C(=O)NCCc3ccccc3)c2)c(N=Nc2ccc(Cl)cc2)c(N)n1. The molecule has 4 aromatic rings. The monoisotopic (exact) mass is 484 g/mol. The molecular formula is C27H25ClN6O. The fourth-order valence-electron chi connectivity index (χ4n) is 3.61. The number of anilines is 2. The number of nitrogens with one attached hydrogen (secondary N) is 1. The van der Waals surface area contributed by atoms with E-state index in [1.165, 1.54) is 5.56 Å². The first-order valence-corrected chi connectivity index (χ1v) is 11.5. The molecule has 0 aliphatic carbocycles. The molecule has 1 amide bonds. The summed E-state index contributed by atoms with van der Waals surface area (Å²) in [5, 5.41) is 12.2. The third kappa shape index (κ3) is 6.65. The van der Waals surface area contributed by atoms with Gasteiger partial charge < -0.3 is 16.8 Å². The average Bonchev–Trinajstić information content (AvgIpc) is 2.85. The molecule has 35 heavy (non-hydrogen) atoms. The van der Waals surface area contributed by atoms with E-state index >= 15 is 0 Å². The van der Waals surface area contributed by atoms with Gasteiger partial charge in [-0.2, -0.15) is 5.11 Å². The molecule has 0 saturated carbocycles. The number of amides is 1. The predicted octanol–water partition coefficient (Wildman–Crippen LogP) is 5.88. The van der Waals surface area contributed by atoms with Crippen LogP contribution in [0.15, 0.2) is 95.2 Å². The van der Waals surface area contributed by atoms with Crippen LogP contribution in [0.1, 0.15) is 27.0 Å². The number of carbonyl (C=O) groups is 1. The lowest BCUT2D eigenvalue weighted by atomic mass is 10.0. The molecule has 0 saturated heterocycles. The zero-order chi connectivity index (χ0) is 24.6. The fourth-order valence-corrected chi connectivity index (χ4v) is 3.74. The number of hydrogen-bond donors (Lipinski definition) is 3. The lowest BCUT2D eigenvalue weighted by molar-refractivity contribution is 0.0954. The highest BCUT2D eigenvalue weighted by Crippen LogP contribution is 2.31. The van der Waals surface area contributed by atoms with E-state index in [2.05, 4.69) is 20.5 Å². The molecule has 5 N–H and O–H groups in total. The van der Waals surface area contributed by atoms with Crippen molar-refractivity contribution >= 4 is 40.5 Å². The van der Waals surface area contributed by atoms with Crippen molar-refractivity contribution in [1.82, 2.24) is 10.3 Å². The summed E-state index contributed by atoms with van der Waals surface area (Å²) in [4.78, 5) is 16.8. The summed E-state index contributed by atoms with van der Waals surface area (Å²) >= 11 is 5.93. The summed E-state index contributed by atoms with van der Waals surface area (Å²) in [5.41, 5.74) is 16.6. The number of pyridine rings is 1. The Labute approximate surface area is 208 Å². The van der Waals surface area contributed by atoms with E-state index in [4.69, 9.17) is 23.1 Å². The van der Waals surface area contributed by atoms with Crippen molar-refractivity contribution in [2.24, 2.45) is 10.2 Å². The molecular weight excluding hydrogens is 460 g/mol. The fraction of sp³-hybridized carbons (Fsp3) is 0.111. The summed E-state index contributed by atoms with van der Waals surface area (Å²) in [6.45, 7) is 0.555. The molecule has 0 unspecified atom stereocenters. The molecule has 8 heteroatoms. The van der Waals surface area contributed by atoms with Gasteiger partial charge in [0, 0.05) is 17.1 Å². The second-order valence-electron chi connectivity index (χ2n) is 7.99. The second-order valence-corrected chi connectivity index (χ2v) is 8.42. The van der Waals surface area contributed by atoms with E-state index in [9.17, 15) is 4.79 Å². The van der Waals surface area contributed by atoms with Crippen LogP contribution in [0.2, 0.25) is 5.02 Å². The summed E-state index contributed by atoms with van der Waals surface area (Å²) < 4.78 is 0. The molecule has 1 aromatic heterocycles. The Morgan fingerprint density at radius 2 is 1.63 bits per heavy atom. The maximum atomic E-state index is 12.7. The van der Waals surface area contributed by atoms with Crippen molar-refractivity contribution < 1.29 is 4.79 Å². The van der Waals surface area contributed by atoms with E-state index in [1.807, 2.05) is 48.5 Å². The lowest BCUT2D eigenvalue weighted by Gasteiger charge is -2.10. The van der Waals surface area contributed by atoms with Crippen LogP contribution in [-0.4, -0.2) is 17.4 Å². The van der Waals surface area contributed by atoms with Crippen LogP contribution in [0, 0.1) is 0 Å². The number of aromatic nitrogens is 1. The number of azo groups is 1. The van der Waals surface area contributed by atoms with E-state index in [0.717, 1.165) is 17.5 Å². The maximum absolute atomic E-state index is 12.7. The van der Waals surface area contributed by atoms with Crippen LogP contribution < -0.4 is 16.8 Å². The topological polar surface area (TPSA) is 119 Å². The van der Waals surface area contributed by atoms with Gasteiger partial charge in [0.1, 0.15) is 11.5 Å². The molecule has 0 bridgehead atoms. The maximum Gasteiger partial charge on any atom is 0.251 e. The highest BCUT2D eigenvalue weighted by atomic mass is 35.5. The van der Waals surface area contributed by atoms with Gasteiger partial charge in [-0.3, -0.25) is 4.79 Å². The quantitative estimate of drug-likeness (QED) is 0.270. The minimum atomic E-state index is -0.126. The van der Waals surface area contributed by atoms with Gasteiger partial charge in [-0.25, -0.2) is 4.98 Å². The Morgan fingerprint density at radius 1 is 0.886 bits per heavy atom. The molecule has 4 rings (SSSR count). The summed E-state index contributed by atoms with van der Waals surface area (Å²) in [6.07, 6.45) is 1.22. The number of nitrogen functional groups attached to an aromatic ring is 2. The standard InChI is InChI=1S/C27H25ClN6O/c28-22-9-11-23(12-10-22)33-34-25-21(17-24(29)32-26(25)30)16-19-7-4-8-20(15-19)27(35)31-14-13-18-5-2-1-3-6-18/h1-12,15,17H,13-14,16H2,(H,31,35)(H4,29,30,32). The van der Waals surface area contributed by atoms with Crippen molar-refractivity contribution in [3.63, 3.8) is 0 Å². The Morgan fingerprint density at radius 3 is 2.40 bits per heavy atom. The first-order valence-electron chi connectivity index (χ1n) is 11.1. The van der Waals surface area contributed by atoms with Gasteiger partial charge in [0.25, 0.3) is 5.91 Å². The molecule has 0 aliphatic heterocycles. The van der Waals surface area contributed by atoms with Gasteiger partial charge in [0.2, 0.25) is 0 Å². The minimum Gasteiger partial charge on any atom is -0.384 e. The van der Waals surface area contributed by atoms with Gasteiger partial charge in [-0.1, -0.05) is 54.1 Å². The predicted molar refractivity (Wildman–Crippen MR) is 140 cm³/mol. The number of nitrogens with two attached hydrogens (primary N) is 2. The van der Waals surface area contributed by atoms with E-state index in [-0.39, 0.29) is 17.5 Å². The summed E-state index contributed by atoms with van der Waals surface area (Å²) in [5.74, 6) is 0.351. The second kappa shape index (κ2) is 11.3. The zero-order valence-corrected chi connectivity index (χ0v) is 19.7. The van der Waals surface area contributed by atoms with Crippen LogP contribution in [0.25, 0.3) is 0 Å². The van der Waals surface area contributed by atoms with Crippen molar-refractivity contribution in [2.75, 3.05) is 18.0 Å². The van der Waals surface area contributed by atoms with Crippen molar-refractivity contribution in [2.45, 2.75) is 12.8 Å². The number of rotatable bonds is 8. The lowest BCUT2D eigenvalue weighted by Crippen LogP contribution is -2.25. The highest BCUT2D eigenvalue weighted by Gasteiger charge is 2.12. The Kier molecular flexibility index (Phi) is 7.70. The minimum absolute atomic E-state index is 0.126. The van der Waals surface area contributed by atoms with Crippen molar-refractivity contribution in [3.05, 3.63) is 112 Å². The molecule has 176 valence electrons. The third-order valence-corrected chi connectivity index (χ3v) is 5.59. The number of nitrogens with zero attached hydrogens (tertiary/aromatic N) is 3. The van der Waals surface area contributed by atoms with Gasteiger partial charge in [0.15, 0.2) is 5.82 Å². The molecule has 3 aromatic carbocycles. The van der Waals surface area contributed by atoms with Crippen molar-refractivity contribution in [1.29, 1.82) is 0 Å². The summed E-state index contributed by atoms with van der Waals surface area (Å²) in [6, 6.07) is 26.2. The van der Waals surface area contributed by atoms with Crippen molar-refractivity contribution in [3.8, 4) is 0 Å². The third-order valence-electron chi connectivity index (χ3n) is 5.34. The number of hydrogen-bond acceptors (Lipinski definition) is 6. The van der Waals surface area contributed by atoms with E-state index < -0.39 is 0 Å². The Balaban J connectivity index is 1.49. The molecule has 0 spiro atoms. The molecule has 7 nitrogen and oxygen atoms in total. The molecule has 0 fully saturated rings. The van der Waals surface area contributed by atoms with Crippen LogP contribution in [0.4, 0.5) is 23.0 Å². The smallest absolute Gasteiger partial charge is 0.251 e. The van der Waals surface area contributed by atoms with Gasteiger partial charge in [-0.15, -0.1) is 5.11 Å². The number of benzene rings is 3. The average molecular weight is 485 g/mol. The first-order chi connectivity index (χ1) is 17.0. The number of halogens is 1. The Bertz CT molecular complexity index is 1340. The first kappa shape index (κ1) is 23.9. The summed E-state index contributed by atoms with van der Waals surface area (Å²) in [7, 11) is 0. The Hall–Kier alpha value is -4.23. The molecule has 1 heterocycles. The molecule has 0 atom stereocenters. The molecule has 0 radical (unpaired) electrons.